The number of unbranched alkanes of at least 4 members (excludes halogenated alkanes) is 27. The van der Waals surface area contributed by atoms with Gasteiger partial charge in [-0.15, -0.1) is 0 Å². The Kier molecular flexibility index (Phi) is 32.6. The van der Waals surface area contributed by atoms with E-state index in [2.05, 4.69) is 13.8 Å². The average Bonchev–Trinajstić information content (AvgIpc) is 2.95. The predicted molar refractivity (Wildman–Crippen MR) is 177 cm³/mol. The fourth-order valence-electron chi connectivity index (χ4n) is 5.85. The molecule has 4 heteroatoms. The maximum Gasteiger partial charge on any atom is 0.307 e. The lowest BCUT2D eigenvalue weighted by Gasteiger charge is -2.16. The van der Waals surface area contributed by atoms with E-state index in [9.17, 15) is 14.7 Å². The molecule has 0 heterocycles. The van der Waals surface area contributed by atoms with Crippen LogP contribution in [-0.4, -0.2) is 23.1 Å². The van der Waals surface area contributed by atoms with Gasteiger partial charge in [0.25, 0.3) is 0 Å². The van der Waals surface area contributed by atoms with E-state index in [1.165, 1.54) is 161 Å². The summed E-state index contributed by atoms with van der Waals surface area (Å²) in [5, 5.41) is 9.23. The van der Waals surface area contributed by atoms with Crippen LogP contribution in [0.15, 0.2) is 0 Å². The fraction of sp³-hybridized carbons (Fsp3) is 0.946. The van der Waals surface area contributed by atoms with Crippen molar-refractivity contribution in [2.24, 2.45) is 0 Å². The zero-order valence-corrected chi connectivity index (χ0v) is 27.9. The molecule has 0 radical (unpaired) electrons. The van der Waals surface area contributed by atoms with Crippen LogP contribution < -0.4 is 0 Å². The van der Waals surface area contributed by atoms with Crippen molar-refractivity contribution in [2.75, 3.05) is 0 Å². The molecule has 1 unspecified atom stereocenters. The van der Waals surface area contributed by atoms with E-state index in [0.29, 0.717) is 12.8 Å². The van der Waals surface area contributed by atoms with Gasteiger partial charge < -0.3 is 9.84 Å². The summed E-state index contributed by atoms with van der Waals surface area (Å²) in [7, 11) is 0. The molecular weight excluding hydrogens is 508 g/mol. The van der Waals surface area contributed by atoms with Gasteiger partial charge in [0, 0.05) is 6.42 Å². The van der Waals surface area contributed by atoms with Crippen LogP contribution in [0, 0.1) is 0 Å². The highest BCUT2D eigenvalue weighted by Gasteiger charge is 2.17. The molecule has 0 spiro atoms. The van der Waals surface area contributed by atoms with Gasteiger partial charge in [-0.25, -0.2) is 0 Å². The maximum absolute atomic E-state index is 12.3. The molecule has 1 N–H and O–H groups in total. The molecule has 0 aromatic rings. The molecule has 0 amide bonds. The summed E-state index contributed by atoms with van der Waals surface area (Å²) in [6.07, 6.45) is 38.4. The van der Waals surface area contributed by atoms with E-state index in [1.54, 1.807) is 0 Å². The third-order valence-corrected chi connectivity index (χ3v) is 8.56. The minimum absolute atomic E-state index is 0.0666. The average molecular weight is 581 g/mol. The number of hydrogen-bond acceptors (Lipinski definition) is 3. The Balaban J connectivity index is 3.59. The SMILES string of the molecule is CCCCCCCCCCCCCCCCCCCC(=O)OC(CCCCCCCCCCCCCC)CC(=O)O. The summed E-state index contributed by atoms with van der Waals surface area (Å²) in [6.45, 7) is 4.54. The highest BCUT2D eigenvalue weighted by molar-refractivity contribution is 5.71. The number of carboxylic acids is 1. The molecule has 1 atom stereocenters. The van der Waals surface area contributed by atoms with Crippen molar-refractivity contribution in [3.63, 3.8) is 0 Å². The number of hydrogen-bond donors (Lipinski definition) is 1. The van der Waals surface area contributed by atoms with E-state index >= 15 is 0 Å². The van der Waals surface area contributed by atoms with Gasteiger partial charge in [-0.3, -0.25) is 9.59 Å². The lowest BCUT2D eigenvalue weighted by molar-refractivity contribution is -0.153. The predicted octanol–water partition coefficient (Wildman–Crippen LogP) is 12.5. The minimum Gasteiger partial charge on any atom is -0.481 e. The maximum atomic E-state index is 12.3. The molecule has 0 rings (SSSR count). The monoisotopic (exact) mass is 581 g/mol. The number of carbonyl (C=O) groups is 2. The summed E-state index contributed by atoms with van der Waals surface area (Å²) in [6, 6.07) is 0. The van der Waals surface area contributed by atoms with E-state index in [-0.39, 0.29) is 12.4 Å². The molecule has 0 saturated carbocycles. The number of carbonyl (C=O) groups excluding carboxylic acids is 1. The van der Waals surface area contributed by atoms with E-state index < -0.39 is 12.1 Å². The Labute approximate surface area is 256 Å². The van der Waals surface area contributed by atoms with E-state index in [1.807, 2.05) is 0 Å². The molecule has 0 saturated heterocycles. The topological polar surface area (TPSA) is 63.6 Å². The second kappa shape index (κ2) is 33.4. The van der Waals surface area contributed by atoms with Gasteiger partial charge in [0.15, 0.2) is 0 Å². The minimum atomic E-state index is -0.875. The van der Waals surface area contributed by atoms with Crippen LogP contribution in [0.25, 0.3) is 0 Å². The van der Waals surface area contributed by atoms with E-state index in [4.69, 9.17) is 4.74 Å². The first-order valence-electron chi connectivity index (χ1n) is 18.5. The summed E-state index contributed by atoms with van der Waals surface area (Å²) in [4.78, 5) is 23.5. The quantitative estimate of drug-likeness (QED) is 0.0607. The van der Waals surface area contributed by atoms with E-state index in [0.717, 1.165) is 25.7 Å². The second-order valence-corrected chi connectivity index (χ2v) is 12.8. The number of rotatable bonds is 34. The van der Waals surface area contributed by atoms with Gasteiger partial charge in [-0.1, -0.05) is 187 Å². The summed E-state index contributed by atoms with van der Waals surface area (Å²) < 4.78 is 5.57. The molecule has 0 aromatic heterocycles. The summed E-state index contributed by atoms with van der Waals surface area (Å²) >= 11 is 0. The molecule has 41 heavy (non-hydrogen) atoms. The molecule has 0 aliphatic carbocycles. The molecule has 0 aliphatic rings. The van der Waals surface area contributed by atoms with Gasteiger partial charge >= 0.3 is 11.9 Å². The standard InChI is InChI=1S/C37H72O4/c1-3-5-7-9-11-13-15-17-18-19-20-21-23-25-27-29-31-33-37(40)41-35(34-36(38)39)32-30-28-26-24-22-16-14-12-10-8-6-4-2/h35H,3-34H2,1-2H3,(H,38,39). The van der Waals surface area contributed by atoms with Crippen LogP contribution in [0.5, 0.6) is 0 Å². The van der Waals surface area contributed by atoms with Crippen molar-refractivity contribution >= 4 is 11.9 Å². The molecule has 0 aliphatic heterocycles. The number of esters is 1. The van der Waals surface area contributed by atoms with Crippen LogP contribution in [0.2, 0.25) is 0 Å². The van der Waals surface area contributed by atoms with Gasteiger partial charge in [0.2, 0.25) is 0 Å². The van der Waals surface area contributed by atoms with Crippen molar-refractivity contribution < 1.29 is 19.4 Å². The highest BCUT2D eigenvalue weighted by atomic mass is 16.5. The van der Waals surface area contributed by atoms with Crippen molar-refractivity contribution in [1.82, 2.24) is 0 Å². The fourth-order valence-corrected chi connectivity index (χ4v) is 5.85. The molecule has 0 fully saturated rings. The van der Waals surface area contributed by atoms with Gasteiger partial charge in [-0.05, 0) is 19.3 Å². The van der Waals surface area contributed by atoms with Gasteiger partial charge in [0.05, 0.1) is 6.42 Å². The third kappa shape index (κ3) is 33.3. The molecule has 0 aromatic carbocycles. The van der Waals surface area contributed by atoms with Crippen molar-refractivity contribution in [2.45, 2.75) is 225 Å². The van der Waals surface area contributed by atoms with Crippen LogP contribution in [0.3, 0.4) is 0 Å². The Hall–Kier alpha value is -1.06. The van der Waals surface area contributed by atoms with Crippen LogP contribution in [0.4, 0.5) is 0 Å². The Morgan fingerprint density at radius 1 is 0.463 bits per heavy atom. The number of aliphatic carboxylic acids is 1. The lowest BCUT2D eigenvalue weighted by atomic mass is 10.0. The Morgan fingerprint density at radius 3 is 1.07 bits per heavy atom. The molecule has 0 bridgehead atoms. The summed E-state index contributed by atoms with van der Waals surface area (Å²) in [5.41, 5.74) is 0. The number of carboxylic acid groups (broad SMARTS) is 1. The third-order valence-electron chi connectivity index (χ3n) is 8.56. The van der Waals surface area contributed by atoms with Crippen LogP contribution >= 0.6 is 0 Å². The Morgan fingerprint density at radius 2 is 0.756 bits per heavy atom. The van der Waals surface area contributed by atoms with Crippen molar-refractivity contribution in [3.05, 3.63) is 0 Å². The molecule has 4 nitrogen and oxygen atoms in total. The van der Waals surface area contributed by atoms with Crippen LogP contribution in [0.1, 0.15) is 219 Å². The molecule has 244 valence electrons. The zero-order valence-electron chi connectivity index (χ0n) is 27.9. The Bertz CT molecular complexity index is 547. The number of ether oxygens (including phenoxy) is 1. The second-order valence-electron chi connectivity index (χ2n) is 12.8. The first-order valence-corrected chi connectivity index (χ1v) is 18.5. The van der Waals surface area contributed by atoms with Gasteiger partial charge in [-0.2, -0.15) is 0 Å². The normalized spacial score (nSPS) is 12.0. The highest BCUT2D eigenvalue weighted by Crippen LogP contribution is 2.17. The largest absolute Gasteiger partial charge is 0.481 e. The lowest BCUT2D eigenvalue weighted by Crippen LogP contribution is -2.21. The van der Waals surface area contributed by atoms with Crippen molar-refractivity contribution in [1.29, 1.82) is 0 Å². The van der Waals surface area contributed by atoms with Crippen LogP contribution in [-0.2, 0) is 14.3 Å². The zero-order chi connectivity index (χ0) is 30.1. The van der Waals surface area contributed by atoms with Gasteiger partial charge in [0.1, 0.15) is 6.10 Å². The first kappa shape index (κ1) is 39.9. The molecular formula is C37H72O4. The van der Waals surface area contributed by atoms with Crippen molar-refractivity contribution in [3.8, 4) is 0 Å². The smallest absolute Gasteiger partial charge is 0.307 e. The first-order chi connectivity index (χ1) is 20.1. The summed E-state index contributed by atoms with van der Waals surface area (Å²) in [5.74, 6) is -1.09.